The predicted octanol–water partition coefficient (Wildman–Crippen LogP) is 8.20. The number of hydrogen-bond acceptors (Lipinski definition) is 3. The van der Waals surface area contributed by atoms with Crippen LogP contribution in [0.15, 0.2) is 97.3 Å². The minimum atomic E-state index is -4.45. The maximum absolute atomic E-state index is 13.3. The fraction of sp³-hybridized carbons (Fsp3) is 0.286. The lowest BCUT2D eigenvalue weighted by molar-refractivity contribution is -0.137. The van der Waals surface area contributed by atoms with Gasteiger partial charge >= 0.3 is 12.2 Å². The zero-order chi connectivity index (χ0) is 30.9. The Morgan fingerprint density at radius 2 is 1.39 bits per heavy atom. The third-order valence-corrected chi connectivity index (χ3v) is 7.90. The van der Waals surface area contributed by atoms with Crippen molar-refractivity contribution in [1.82, 2.24) is 15.2 Å². The second-order valence-corrected chi connectivity index (χ2v) is 11.2. The number of nitrogens with one attached hydrogen (secondary N) is 2. The summed E-state index contributed by atoms with van der Waals surface area (Å²) in [5.74, 6) is 0.285. The largest absolute Gasteiger partial charge is 0.416 e. The van der Waals surface area contributed by atoms with Gasteiger partial charge in [0.1, 0.15) is 0 Å². The second-order valence-electron chi connectivity index (χ2n) is 11.2. The molecule has 228 valence electrons. The van der Waals surface area contributed by atoms with Crippen LogP contribution >= 0.6 is 0 Å². The van der Waals surface area contributed by atoms with Crippen LogP contribution in [0.4, 0.5) is 23.7 Å². The van der Waals surface area contributed by atoms with E-state index in [4.69, 9.17) is 0 Å². The van der Waals surface area contributed by atoms with Crippen molar-refractivity contribution < 1.29 is 22.8 Å². The maximum Gasteiger partial charge on any atom is 0.416 e. The van der Waals surface area contributed by atoms with E-state index in [0.717, 1.165) is 65.6 Å². The third kappa shape index (κ3) is 8.46. The minimum absolute atomic E-state index is 0.137. The van der Waals surface area contributed by atoms with Gasteiger partial charge in [0.15, 0.2) is 0 Å². The number of halogens is 3. The van der Waals surface area contributed by atoms with Gasteiger partial charge in [-0.25, -0.2) is 4.79 Å². The fourth-order valence-corrected chi connectivity index (χ4v) is 5.39. The average molecular weight is 601 g/mol. The molecule has 0 spiro atoms. The highest BCUT2D eigenvalue weighted by Crippen LogP contribution is 2.30. The molecule has 5 rings (SSSR count). The number of amides is 3. The molecule has 44 heavy (non-hydrogen) atoms. The van der Waals surface area contributed by atoms with Crippen LogP contribution in [0, 0.1) is 5.92 Å². The van der Waals surface area contributed by atoms with Crippen molar-refractivity contribution >= 4 is 17.6 Å². The Kier molecular flexibility index (Phi) is 9.94. The monoisotopic (exact) mass is 600 g/mol. The molecule has 1 aromatic heterocycles. The molecule has 0 bridgehead atoms. The first-order valence-electron chi connectivity index (χ1n) is 14.8. The Morgan fingerprint density at radius 1 is 0.773 bits per heavy atom. The molecule has 1 aliphatic carbocycles. The summed E-state index contributed by atoms with van der Waals surface area (Å²) in [6.07, 6.45) is 4.30. The van der Waals surface area contributed by atoms with Gasteiger partial charge in [-0.1, -0.05) is 73.9 Å². The van der Waals surface area contributed by atoms with Crippen molar-refractivity contribution in [1.29, 1.82) is 0 Å². The van der Waals surface area contributed by atoms with Crippen molar-refractivity contribution in [2.24, 2.45) is 5.92 Å². The van der Waals surface area contributed by atoms with Gasteiger partial charge in [0, 0.05) is 43.6 Å². The molecular formula is C35H35F3N4O2. The van der Waals surface area contributed by atoms with Crippen molar-refractivity contribution in [3.63, 3.8) is 0 Å². The number of pyridine rings is 1. The zero-order valence-electron chi connectivity index (χ0n) is 24.3. The van der Waals surface area contributed by atoms with Crippen LogP contribution in [0.2, 0.25) is 0 Å². The normalized spacial score (nSPS) is 13.7. The molecule has 0 atom stereocenters. The number of urea groups is 1. The summed E-state index contributed by atoms with van der Waals surface area (Å²) in [5.41, 5.74) is 4.29. The van der Waals surface area contributed by atoms with Crippen molar-refractivity contribution in [2.45, 2.75) is 57.9 Å². The molecule has 2 N–H and O–H groups in total. The van der Waals surface area contributed by atoms with Crippen LogP contribution in [-0.2, 0) is 30.6 Å². The first kappa shape index (κ1) is 30.8. The van der Waals surface area contributed by atoms with Gasteiger partial charge in [-0.15, -0.1) is 0 Å². The van der Waals surface area contributed by atoms with Gasteiger partial charge in [0.25, 0.3) is 0 Å². The molecule has 0 radical (unpaired) electrons. The number of anilines is 1. The second kappa shape index (κ2) is 14.2. The third-order valence-electron chi connectivity index (χ3n) is 7.90. The van der Waals surface area contributed by atoms with Crippen LogP contribution in [0.25, 0.3) is 11.1 Å². The van der Waals surface area contributed by atoms with Crippen LogP contribution < -0.4 is 10.6 Å². The van der Waals surface area contributed by atoms with E-state index in [2.05, 4.69) is 15.6 Å². The van der Waals surface area contributed by atoms with E-state index in [0.29, 0.717) is 6.54 Å². The number of benzene rings is 3. The Balaban J connectivity index is 1.22. The first-order valence-corrected chi connectivity index (χ1v) is 14.8. The molecular weight excluding hydrogens is 565 g/mol. The number of carbonyl (C=O) groups is 2. The van der Waals surface area contributed by atoms with Gasteiger partial charge < -0.3 is 15.5 Å². The number of hydrogen-bond donors (Lipinski definition) is 2. The summed E-state index contributed by atoms with van der Waals surface area (Å²) in [6, 6.07) is 23.6. The highest BCUT2D eigenvalue weighted by molar-refractivity contribution is 5.89. The summed E-state index contributed by atoms with van der Waals surface area (Å²) in [7, 11) is 0. The molecule has 0 aliphatic heterocycles. The van der Waals surface area contributed by atoms with E-state index in [1.54, 1.807) is 23.4 Å². The summed E-state index contributed by atoms with van der Waals surface area (Å²) in [5, 5.41) is 5.79. The molecule has 1 saturated carbocycles. The number of nitrogens with zero attached hydrogens (tertiary/aromatic N) is 2. The molecule has 9 heteroatoms. The lowest BCUT2D eigenvalue weighted by Gasteiger charge is -2.23. The molecule has 1 aliphatic rings. The molecule has 1 fully saturated rings. The minimum Gasteiger partial charge on any atom is -0.352 e. The molecule has 3 amide bonds. The molecule has 0 saturated heterocycles. The van der Waals surface area contributed by atoms with Gasteiger partial charge in [-0.05, 0) is 71.0 Å². The number of alkyl halides is 3. The van der Waals surface area contributed by atoms with E-state index in [1.165, 1.54) is 18.6 Å². The molecule has 3 aromatic carbocycles. The topological polar surface area (TPSA) is 74.3 Å². The van der Waals surface area contributed by atoms with Crippen LogP contribution in [-0.4, -0.2) is 21.8 Å². The smallest absolute Gasteiger partial charge is 0.352 e. The standard InChI is InChI=1S/C35H35F3N4O2/c36-35(37,38)31-16-18-32(19-17-31)41-34(44)42(24-27-5-4-20-39-21-27)23-26-10-14-29(15-11-26)28-12-8-25(9-13-28)22-40-33(43)30-6-2-1-3-7-30/h4-5,8-21,30H,1-3,6-7,22-24H2,(H,40,43)(H,41,44). The summed E-state index contributed by atoms with van der Waals surface area (Å²) in [4.78, 5) is 31.4. The maximum atomic E-state index is 13.3. The highest BCUT2D eigenvalue weighted by Gasteiger charge is 2.30. The number of rotatable bonds is 9. The Bertz CT molecular complexity index is 1520. The summed E-state index contributed by atoms with van der Waals surface area (Å²) in [6.45, 7) is 1.05. The van der Waals surface area contributed by atoms with Crippen molar-refractivity contribution in [3.8, 4) is 11.1 Å². The van der Waals surface area contributed by atoms with Gasteiger partial charge in [-0.3, -0.25) is 9.78 Å². The van der Waals surface area contributed by atoms with Crippen LogP contribution in [0.3, 0.4) is 0 Å². The molecule has 0 unspecified atom stereocenters. The SMILES string of the molecule is O=C(NCc1ccc(-c2ccc(CN(Cc3cccnc3)C(=O)Nc3ccc(C(F)(F)F)cc3)cc2)cc1)C1CCCCC1. The molecule has 6 nitrogen and oxygen atoms in total. The molecule has 4 aromatic rings. The van der Waals surface area contributed by atoms with E-state index in [-0.39, 0.29) is 30.6 Å². The summed E-state index contributed by atoms with van der Waals surface area (Å²) < 4.78 is 38.9. The Hall–Kier alpha value is -4.66. The highest BCUT2D eigenvalue weighted by atomic mass is 19.4. The Morgan fingerprint density at radius 3 is 1.98 bits per heavy atom. The molecule has 1 heterocycles. The predicted molar refractivity (Wildman–Crippen MR) is 164 cm³/mol. The van der Waals surface area contributed by atoms with Gasteiger partial charge in [-0.2, -0.15) is 13.2 Å². The van der Waals surface area contributed by atoms with E-state index < -0.39 is 17.8 Å². The van der Waals surface area contributed by atoms with Gasteiger partial charge in [0.05, 0.1) is 5.56 Å². The number of aromatic nitrogens is 1. The van der Waals surface area contributed by atoms with Crippen molar-refractivity contribution in [3.05, 3.63) is 120 Å². The fourth-order valence-electron chi connectivity index (χ4n) is 5.39. The van der Waals surface area contributed by atoms with Gasteiger partial charge in [0.2, 0.25) is 5.91 Å². The van der Waals surface area contributed by atoms with Crippen LogP contribution in [0.5, 0.6) is 0 Å². The van der Waals surface area contributed by atoms with Crippen molar-refractivity contribution in [2.75, 3.05) is 5.32 Å². The average Bonchev–Trinajstić information content (AvgIpc) is 3.04. The van der Waals surface area contributed by atoms with E-state index in [9.17, 15) is 22.8 Å². The lowest BCUT2D eigenvalue weighted by Crippen LogP contribution is -2.34. The Labute approximate surface area is 255 Å². The lowest BCUT2D eigenvalue weighted by atomic mass is 9.88. The first-order chi connectivity index (χ1) is 21.2. The van der Waals surface area contributed by atoms with E-state index in [1.807, 2.05) is 54.6 Å². The zero-order valence-corrected chi connectivity index (χ0v) is 24.3. The summed E-state index contributed by atoms with van der Waals surface area (Å²) >= 11 is 0. The van der Waals surface area contributed by atoms with Crippen LogP contribution in [0.1, 0.15) is 54.4 Å². The number of carbonyl (C=O) groups excluding carboxylic acids is 2. The van der Waals surface area contributed by atoms with E-state index >= 15 is 0 Å². The quantitative estimate of drug-likeness (QED) is 0.203.